The number of allylic oxidation sites excluding steroid dienone is 4. The SMILES string of the molecule is CCC(=O)O[C@]1(C(=O)COC(=O)Oc2ccc(CC(N)C(=O)OCCCCO[N+](=O)[O-])cc2)[C@@H](C)C[C@H]2[C@@H]3CCC4=CC(=O)C=C[C@]4(C)[C@@]3(Cl)[C@@H](O)C[C@@]21C. The number of rotatable bonds is 15. The van der Waals surface area contributed by atoms with E-state index in [9.17, 15) is 39.2 Å². The Morgan fingerprint density at radius 1 is 1.09 bits per heavy atom. The number of fused-ring (bicyclic) bond motifs is 5. The summed E-state index contributed by atoms with van der Waals surface area (Å²) in [5.74, 6) is -3.00. The van der Waals surface area contributed by atoms with Crippen LogP contribution >= 0.6 is 11.6 Å². The normalized spacial score (nSPS) is 32.5. The van der Waals surface area contributed by atoms with Gasteiger partial charge < -0.3 is 34.6 Å². The number of Topliss-reactive ketones (excluding diaryl/α,β-unsaturated/α-hetero) is 1. The summed E-state index contributed by atoms with van der Waals surface area (Å²) < 4.78 is 21.9. The number of ether oxygens (including phenoxy) is 4. The molecule has 0 aromatic heterocycles. The van der Waals surface area contributed by atoms with E-state index in [1.54, 1.807) is 31.2 Å². The largest absolute Gasteiger partial charge is 0.514 e. The predicted molar refractivity (Wildman–Crippen MR) is 195 cm³/mol. The lowest BCUT2D eigenvalue weighted by atomic mass is 9.45. The Balaban J connectivity index is 1.23. The molecule has 15 nitrogen and oxygen atoms in total. The molecule has 1 aromatic carbocycles. The topological polar surface area (TPSA) is 221 Å². The van der Waals surface area contributed by atoms with E-state index >= 15 is 0 Å². The molecular formula is C39H49ClN2O13. The van der Waals surface area contributed by atoms with E-state index in [4.69, 9.17) is 36.3 Å². The highest BCUT2D eigenvalue weighted by atomic mass is 35.5. The molecule has 5 rings (SSSR count). The van der Waals surface area contributed by atoms with Crippen LogP contribution in [0, 0.1) is 38.7 Å². The number of aliphatic hydroxyl groups excluding tert-OH is 1. The minimum Gasteiger partial charge on any atom is -0.465 e. The zero-order valence-electron chi connectivity index (χ0n) is 31.5. The fraction of sp³-hybridized carbons (Fsp3) is 0.615. The molecule has 4 aliphatic rings. The van der Waals surface area contributed by atoms with Gasteiger partial charge in [-0.25, -0.2) is 4.79 Å². The van der Waals surface area contributed by atoms with E-state index in [-0.39, 0.29) is 55.8 Å². The van der Waals surface area contributed by atoms with Gasteiger partial charge in [-0.05, 0) is 86.6 Å². The quantitative estimate of drug-likeness (QED) is 0.0466. The maximum atomic E-state index is 14.4. The highest BCUT2D eigenvalue weighted by Gasteiger charge is 2.76. The van der Waals surface area contributed by atoms with E-state index in [1.807, 2.05) is 20.8 Å². The van der Waals surface area contributed by atoms with Gasteiger partial charge in [0.1, 0.15) is 11.8 Å². The zero-order chi connectivity index (χ0) is 40.3. The van der Waals surface area contributed by atoms with Gasteiger partial charge in [0, 0.05) is 23.2 Å². The third-order valence-electron chi connectivity index (χ3n) is 12.3. The monoisotopic (exact) mass is 788 g/mol. The summed E-state index contributed by atoms with van der Waals surface area (Å²) in [6.45, 7) is 6.39. The second-order valence-corrected chi connectivity index (χ2v) is 16.0. The van der Waals surface area contributed by atoms with Crippen LogP contribution in [-0.2, 0) is 44.6 Å². The highest BCUT2D eigenvalue weighted by Crippen LogP contribution is 2.72. The van der Waals surface area contributed by atoms with Crippen molar-refractivity contribution in [1.29, 1.82) is 0 Å². The Hall–Kier alpha value is -4.34. The molecule has 16 heteroatoms. The smallest absolute Gasteiger partial charge is 0.465 e. The number of hydrogen-bond acceptors (Lipinski definition) is 14. The van der Waals surface area contributed by atoms with Gasteiger partial charge in [0.2, 0.25) is 5.78 Å². The average molecular weight is 789 g/mol. The average Bonchev–Trinajstić information content (AvgIpc) is 3.35. The van der Waals surface area contributed by atoms with Crippen molar-refractivity contribution in [3.8, 4) is 5.75 Å². The predicted octanol–water partition coefficient (Wildman–Crippen LogP) is 4.75. The van der Waals surface area contributed by atoms with Crippen molar-refractivity contribution in [3.63, 3.8) is 0 Å². The molecule has 9 atom stereocenters. The second kappa shape index (κ2) is 16.4. The molecule has 3 N–H and O–H groups in total. The van der Waals surface area contributed by atoms with Crippen LogP contribution in [0.15, 0.2) is 48.1 Å². The summed E-state index contributed by atoms with van der Waals surface area (Å²) in [4.78, 5) is 78.0. The number of halogens is 1. The Bertz CT molecular complexity index is 1750. The first-order valence-corrected chi connectivity index (χ1v) is 19.0. The number of benzene rings is 1. The van der Waals surface area contributed by atoms with Crippen molar-refractivity contribution < 1.29 is 58.0 Å². The van der Waals surface area contributed by atoms with Crippen molar-refractivity contribution in [2.24, 2.45) is 34.3 Å². The summed E-state index contributed by atoms with van der Waals surface area (Å²) in [5.41, 5.74) is 3.84. The third-order valence-corrected chi connectivity index (χ3v) is 13.3. The molecule has 300 valence electrons. The molecule has 0 amide bonds. The lowest BCUT2D eigenvalue weighted by Crippen LogP contribution is -2.69. The number of nitrogens with zero attached hydrogens (tertiary/aromatic N) is 1. The van der Waals surface area contributed by atoms with Gasteiger partial charge >= 0.3 is 18.1 Å². The molecule has 1 unspecified atom stereocenters. The number of alkyl halides is 1. The van der Waals surface area contributed by atoms with Crippen molar-refractivity contribution in [1.82, 2.24) is 0 Å². The maximum absolute atomic E-state index is 14.4. The Morgan fingerprint density at radius 3 is 2.45 bits per heavy atom. The van der Waals surface area contributed by atoms with Crippen LogP contribution in [0.3, 0.4) is 0 Å². The minimum absolute atomic E-state index is 0.00636. The van der Waals surface area contributed by atoms with Crippen LogP contribution < -0.4 is 10.5 Å². The van der Waals surface area contributed by atoms with Crippen LogP contribution in [-0.4, -0.2) is 82.3 Å². The number of nitrogens with two attached hydrogens (primary N) is 1. The van der Waals surface area contributed by atoms with E-state index in [2.05, 4.69) is 4.84 Å². The van der Waals surface area contributed by atoms with E-state index in [0.717, 1.165) is 5.57 Å². The minimum atomic E-state index is -1.74. The molecule has 0 bridgehead atoms. The standard InChI is InChI=1S/C39H49ClN2O13/c1-5-33(46)55-39(23(2)18-29-28-13-10-25-20-26(43)14-15-36(25,3)38(28,40)31(44)21-37(29,39)4)32(45)22-52-35(48)54-27-11-8-24(9-12-27)19-30(41)34(47)51-16-6-7-17-53-42(49)50/h8-9,11-12,14-15,20,23,28-31,44H,5-7,10,13,16-19,21-22,41H2,1-4H3/t23-,28-,29-,30?,31-,36-,37-,38-,39-/m0/s1. The van der Waals surface area contributed by atoms with Gasteiger partial charge in [-0.3, -0.25) is 19.2 Å². The number of esters is 2. The van der Waals surface area contributed by atoms with Crippen LogP contribution in [0.25, 0.3) is 0 Å². The van der Waals surface area contributed by atoms with E-state index < -0.39 is 74.9 Å². The summed E-state index contributed by atoms with van der Waals surface area (Å²) in [7, 11) is 0. The Morgan fingerprint density at radius 2 is 1.78 bits per heavy atom. The van der Waals surface area contributed by atoms with Crippen LogP contribution in [0.2, 0.25) is 0 Å². The Kier molecular flexibility index (Phi) is 12.5. The van der Waals surface area contributed by atoms with Gasteiger partial charge in [-0.1, -0.05) is 51.5 Å². The summed E-state index contributed by atoms with van der Waals surface area (Å²) >= 11 is 7.56. The highest BCUT2D eigenvalue weighted by molar-refractivity contribution is 6.26. The third kappa shape index (κ3) is 7.75. The molecule has 1 aromatic rings. The zero-order valence-corrected chi connectivity index (χ0v) is 32.2. The van der Waals surface area contributed by atoms with E-state index in [0.29, 0.717) is 37.7 Å². The summed E-state index contributed by atoms with van der Waals surface area (Å²) in [6, 6.07) is 5.12. The van der Waals surface area contributed by atoms with Crippen molar-refractivity contribution in [2.75, 3.05) is 19.8 Å². The van der Waals surface area contributed by atoms with Gasteiger partial charge in [0.15, 0.2) is 18.0 Å². The van der Waals surface area contributed by atoms with Crippen molar-refractivity contribution >= 4 is 41.3 Å². The van der Waals surface area contributed by atoms with Gasteiger partial charge in [0.05, 0.1) is 24.2 Å². The first-order valence-electron chi connectivity index (χ1n) is 18.6. The van der Waals surface area contributed by atoms with Crippen molar-refractivity contribution in [3.05, 3.63) is 63.7 Å². The lowest BCUT2D eigenvalue weighted by Gasteiger charge is -2.64. The number of aliphatic hydroxyl groups is 1. The molecule has 3 fully saturated rings. The molecule has 0 aliphatic heterocycles. The maximum Gasteiger partial charge on any atom is 0.514 e. The number of unbranched alkanes of at least 4 members (excludes halogenated alkanes) is 1. The molecule has 0 saturated heterocycles. The lowest BCUT2D eigenvalue weighted by molar-refractivity contribution is -0.757. The second-order valence-electron chi connectivity index (χ2n) is 15.4. The van der Waals surface area contributed by atoms with Crippen molar-refractivity contribution in [2.45, 2.75) is 102 Å². The van der Waals surface area contributed by atoms with Gasteiger partial charge in [0.25, 0.3) is 5.09 Å². The number of carbonyl (C=O) groups is 5. The number of carbonyl (C=O) groups excluding carboxylic acids is 5. The molecular weight excluding hydrogens is 740 g/mol. The molecule has 3 saturated carbocycles. The first-order chi connectivity index (χ1) is 25.9. The fourth-order valence-corrected chi connectivity index (χ4v) is 10.2. The first kappa shape index (κ1) is 41.8. The molecule has 0 spiro atoms. The van der Waals surface area contributed by atoms with Crippen LogP contribution in [0.1, 0.15) is 78.2 Å². The van der Waals surface area contributed by atoms with E-state index in [1.165, 1.54) is 18.2 Å². The number of hydrogen-bond donors (Lipinski definition) is 2. The van der Waals surface area contributed by atoms with Crippen LogP contribution in [0.5, 0.6) is 5.75 Å². The molecule has 4 aliphatic carbocycles. The Labute approximate surface area is 323 Å². The molecule has 55 heavy (non-hydrogen) atoms. The van der Waals surface area contributed by atoms with Gasteiger partial charge in [-0.2, -0.15) is 0 Å². The summed E-state index contributed by atoms with van der Waals surface area (Å²) in [5, 5.41) is 21.3. The summed E-state index contributed by atoms with van der Waals surface area (Å²) in [6.07, 6.45) is 4.99. The van der Waals surface area contributed by atoms with Crippen LogP contribution in [0.4, 0.5) is 4.79 Å². The number of ketones is 2. The fourth-order valence-electron chi connectivity index (χ4n) is 9.66. The van der Waals surface area contributed by atoms with Gasteiger partial charge in [-0.15, -0.1) is 21.7 Å². The molecule has 0 heterocycles. The molecule has 0 radical (unpaired) electrons.